The normalized spacial score (nSPS) is 35.2. The molecule has 0 aliphatic heterocycles. The van der Waals surface area contributed by atoms with Gasteiger partial charge in [-0.2, -0.15) is 4.21 Å². The van der Waals surface area contributed by atoms with E-state index in [1.54, 1.807) is 0 Å². The number of carbonyl (C=O) groups excluding carboxylic acids is 2. The van der Waals surface area contributed by atoms with E-state index in [1.165, 1.54) is 0 Å². The molecule has 2 fully saturated rings. The third-order valence-electron chi connectivity index (χ3n) is 4.31. The van der Waals surface area contributed by atoms with Crippen LogP contribution in [0.15, 0.2) is 12.7 Å². The van der Waals surface area contributed by atoms with Crippen LogP contribution in [0.4, 0.5) is 0 Å². The van der Waals surface area contributed by atoms with Gasteiger partial charge in [-0.15, -0.1) is 0 Å². The maximum atomic E-state index is 11.8. The lowest BCUT2D eigenvalue weighted by Gasteiger charge is -2.35. The number of esters is 1. The number of hydrogen-bond acceptors (Lipinski definition) is 5. The Kier molecular flexibility index (Phi) is 4.80. The van der Waals surface area contributed by atoms with E-state index in [2.05, 4.69) is 11.9 Å². The predicted molar refractivity (Wildman–Crippen MR) is 74.2 cm³/mol. The van der Waals surface area contributed by atoms with Crippen LogP contribution >= 0.6 is 0 Å². The number of rotatable bonds is 6. The summed E-state index contributed by atoms with van der Waals surface area (Å²) in [6.45, 7) is 5.00. The molecule has 0 heterocycles. The summed E-state index contributed by atoms with van der Waals surface area (Å²) in [7, 11) is 0. The summed E-state index contributed by atoms with van der Waals surface area (Å²) in [5.41, 5.74) is -0.243. The highest BCUT2D eigenvalue weighted by atomic mass is 32.2. The van der Waals surface area contributed by atoms with E-state index in [1.807, 2.05) is 6.92 Å². The number of nitrogens with one attached hydrogen (secondary N) is 1. The maximum Gasteiger partial charge on any atom is 0.325 e. The van der Waals surface area contributed by atoms with Crippen molar-refractivity contribution in [3.63, 3.8) is 0 Å². The smallest absolute Gasteiger partial charge is 0.325 e. The molecular weight excluding hydrogens is 298 g/mol. The number of amides is 1. The van der Waals surface area contributed by atoms with Crippen molar-refractivity contribution in [2.75, 3.05) is 6.54 Å². The van der Waals surface area contributed by atoms with Crippen molar-refractivity contribution >= 4 is 23.2 Å². The number of ether oxygens (including phenoxy) is 1. The highest BCUT2D eigenvalue weighted by Gasteiger charge is 2.58. The van der Waals surface area contributed by atoms with E-state index in [4.69, 9.17) is 13.5 Å². The molecule has 0 radical (unpaired) electrons. The zero-order valence-corrected chi connectivity index (χ0v) is 12.6. The molecule has 2 bridgehead atoms. The topological polar surface area (TPSA) is 102 Å². The fourth-order valence-electron chi connectivity index (χ4n) is 3.35. The Morgan fingerprint density at radius 3 is 2.90 bits per heavy atom. The van der Waals surface area contributed by atoms with Crippen molar-refractivity contribution in [3.8, 4) is 0 Å². The molecule has 0 aromatic heterocycles. The predicted octanol–water partition coefficient (Wildman–Crippen LogP) is 0.542. The zero-order valence-electron chi connectivity index (χ0n) is 11.7. The molecular formula is C13H19NO6S. The molecule has 2 aliphatic rings. The third-order valence-corrected chi connectivity index (χ3v) is 4.70. The zero-order chi connectivity index (χ0) is 15.6. The van der Waals surface area contributed by atoms with Crippen LogP contribution in [-0.4, -0.2) is 39.4 Å². The van der Waals surface area contributed by atoms with Gasteiger partial charge in [-0.05, 0) is 31.3 Å². The molecule has 118 valence electrons. The standard InChI is InChI=1S/C13H19NO6S/c1-3-9(15)14-7-10(16)19-12-11(20-21(17)18)8-4-5-13(12,2)6-8/h3,8,11-12H,1,4-7H2,2H3,(H,14,15)(H,17,18). The molecule has 7 nitrogen and oxygen atoms in total. The lowest BCUT2D eigenvalue weighted by molar-refractivity contribution is -0.161. The van der Waals surface area contributed by atoms with Gasteiger partial charge in [-0.1, -0.05) is 13.5 Å². The first-order valence-corrected chi connectivity index (χ1v) is 7.76. The molecule has 2 N–H and O–H groups in total. The van der Waals surface area contributed by atoms with Gasteiger partial charge >= 0.3 is 17.3 Å². The van der Waals surface area contributed by atoms with Crippen molar-refractivity contribution in [2.24, 2.45) is 11.3 Å². The minimum absolute atomic E-state index is 0.117. The molecule has 1 amide bonds. The van der Waals surface area contributed by atoms with Crippen LogP contribution in [0, 0.1) is 11.3 Å². The Bertz CT molecular complexity index is 481. The van der Waals surface area contributed by atoms with Crippen LogP contribution in [0.25, 0.3) is 0 Å². The second-order valence-corrected chi connectivity index (χ2v) is 6.39. The van der Waals surface area contributed by atoms with Gasteiger partial charge in [0.05, 0.1) is 0 Å². The lowest BCUT2D eigenvalue weighted by Crippen LogP contribution is -2.45. The van der Waals surface area contributed by atoms with Gasteiger partial charge < -0.3 is 10.1 Å². The molecule has 2 rings (SSSR count). The van der Waals surface area contributed by atoms with Crippen molar-refractivity contribution in [3.05, 3.63) is 12.7 Å². The number of hydrogen-bond donors (Lipinski definition) is 2. The molecule has 0 spiro atoms. The molecule has 5 atom stereocenters. The summed E-state index contributed by atoms with van der Waals surface area (Å²) < 4.78 is 30.2. The van der Waals surface area contributed by atoms with E-state index in [-0.39, 0.29) is 17.9 Å². The molecule has 0 aromatic rings. The van der Waals surface area contributed by atoms with Gasteiger partial charge in [0.25, 0.3) is 0 Å². The van der Waals surface area contributed by atoms with Gasteiger partial charge in [-0.3, -0.25) is 18.3 Å². The number of carbonyl (C=O) groups is 2. The van der Waals surface area contributed by atoms with Crippen LogP contribution in [0.3, 0.4) is 0 Å². The molecule has 5 unspecified atom stereocenters. The third kappa shape index (κ3) is 3.50. The summed E-state index contributed by atoms with van der Waals surface area (Å²) in [5.74, 6) is -0.941. The Morgan fingerprint density at radius 2 is 2.29 bits per heavy atom. The van der Waals surface area contributed by atoms with Crippen molar-refractivity contribution in [1.29, 1.82) is 0 Å². The minimum atomic E-state index is -2.40. The van der Waals surface area contributed by atoms with Crippen molar-refractivity contribution in [2.45, 2.75) is 38.4 Å². The first kappa shape index (κ1) is 16.1. The highest BCUT2D eigenvalue weighted by Crippen LogP contribution is 2.56. The van der Waals surface area contributed by atoms with Crippen LogP contribution in [-0.2, 0) is 29.9 Å². The van der Waals surface area contributed by atoms with E-state index in [0.717, 1.165) is 25.3 Å². The van der Waals surface area contributed by atoms with Crippen LogP contribution in [0.2, 0.25) is 0 Å². The maximum absolute atomic E-state index is 11.8. The fraction of sp³-hybridized carbons (Fsp3) is 0.692. The molecule has 21 heavy (non-hydrogen) atoms. The second-order valence-electron chi connectivity index (χ2n) is 5.77. The molecule has 8 heteroatoms. The molecule has 0 saturated heterocycles. The first-order chi connectivity index (χ1) is 9.85. The van der Waals surface area contributed by atoms with Gasteiger partial charge in [-0.25, -0.2) is 0 Å². The van der Waals surface area contributed by atoms with E-state index >= 15 is 0 Å². The molecule has 0 aromatic carbocycles. The quantitative estimate of drug-likeness (QED) is 0.421. The van der Waals surface area contributed by atoms with E-state index < -0.39 is 35.4 Å². The van der Waals surface area contributed by atoms with Crippen LogP contribution in [0.1, 0.15) is 26.2 Å². The minimum Gasteiger partial charge on any atom is -0.458 e. The highest BCUT2D eigenvalue weighted by molar-refractivity contribution is 7.74. The SMILES string of the molecule is C=CC(=O)NCC(=O)OC1C(OS(=O)O)C2CCC1(C)C2. The Balaban J connectivity index is 1.98. The summed E-state index contributed by atoms with van der Waals surface area (Å²) in [6.07, 6.45) is 2.49. The van der Waals surface area contributed by atoms with Crippen LogP contribution in [0.5, 0.6) is 0 Å². The van der Waals surface area contributed by atoms with Gasteiger partial charge in [0.2, 0.25) is 5.91 Å². The summed E-state index contributed by atoms with van der Waals surface area (Å²) >= 11 is -2.40. The largest absolute Gasteiger partial charge is 0.458 e. The van der Waals surface area contributed by atoms with Crippen molar-refractivity contribution < 1.29 is 27.3 Å². The molecule has 2 saturated carbocycles. The Morgan fingerprint density at radius 1 is 1.57 bits per heavy atom. The summed E-state index contributed by atoms with van der Waals surface area (Å²) in [4.78, 5) is 22.8. The molecule has 2 aliphatic carbocycles. The van der Waals surface area contributed by atoms with E-state index in [0.29, 0.717) is 0 Å². The average Bonchev–Trinajstić information content (AvgIpc) is 2.92. The number of fused-ring (bicyclic) bond motifs is 2. The van der Waals surface area contributed by atoms with Gasteiger partial charge in [0, 0.05) is 5.41 Å². The summed E-state index contributed by atoms with van der Waals surface area (Å²) in [6, 6.07) is 0. The van der Waals surface area contributed by atoms with Crippen LogP contribution < -0.4 is 5.32 Å². The fourth-order valence-corrected chi connectivity index (χ4v) is 3.80. The Hall–Kier alpha value is -1.25. The average molecular weight is 317 g/mol. The van der Waals surface area contributed by atoms with Gasteiger partial charge in [0.1, 0.15) is 18.8 Å². The summed E-state index contributed by atoms with van der Waals surface area (Å²) in [5, 5.41) is 2.34. The van der Waals surface area contributed by atoms with Gasteiger partial charge in [0.15, 0.2) is 0 Å². The monoisotopic (exact) mass is 317 g/mol. The first-order valence-electron chi connectivity index (χ1n) is 6.73. The lowest BCUT2D eigenvalue weighted by atomic mass is 9.82. The van der Waals surface area contributed by atoms with Crippen molar-refractivity contribution in [1.82, 2.24) is 5.32 Å². The Labute approximate surface area is 125 Å². The second kappa shape index (κ2) is 6.25. The van der Waals surface area contributed by atoms with E-state index in [9.17, 15) is 13.8 Å².